The maximum absolute atomic E-state index is 9.22. The number of anilines is 1. The zero-order chi connectivity index (χ0) is 13.2. The third kappa shape index (κ3) is 2.47. The van der Waals surface area contributed by atoms with Crippen molar-refractivity contribution in [3.63, 3.8) is 0 Å². The van der Waals surface area contributed by atoms with Crippen LogP contribution >= 0.6 is 15.9 Å². The number of hydrogen-bond acceptors (Lipinski definition) is 3. The topological polar surface area (TPSA) is 36.4 Å². The van der Waals surface area contributed by atoms with E-state index in [1.807, 2.05) is 12.3 Å². The Bertz CT molecular complexity index is 579. The molecule has 1 aliphatic rings. The van der Waals surface area contributed by atoms with E-state index < -0.39 is 0 Å². The van der Waals surface area contributed by atoms with Gasteiger partial charge in [-0.3, -0.25) is 0 Å². The van der Waals surface area contributed by atoms with E-state index in [4.69, 9.17) is 0 Å². The average Bonchev–Trinajstić information content (AvgIpc) is 2.47. The fraction of sp³-hybridized carbons (Fsp3) is 0.400. The molecular weight excluding hydrogens is 304 g/mol. The molecular formula is C15H17BrN2O. The molecule has 0 saturated carbocycles. The van der Waals surface area contributed by atoms with E-state index in [-0.39, 0.29) is 0 Å². The van der Waals surface area contributed by atoms with Crippen LogP contribution in [0, 0.1) is 5.92 Å². The number of aromatic nitrogens is 1. The Balaban J connectivity index is 1.95. The van der Waals surface area contributed by atoms with Crippen molar-refractivity contribution in [3.05, 3.63) is 34.9 Å². The highest BCUT2D eigenvalue weighted by molar-refractivity contribution is 9.10. The quantitative estimate of drug-likeness (QED) is 0.923. The first-order chi connectivity index (χ1) is 9.29. The molecule has 100 valence electrons. The van der Waals surface area contributed by atoms with Crippen LogP contribution in [-0.2, 0) is 0 Å². The Morgan fingerprint density at radius 2 is 2.00 bits per heavy atom. The van der Waals surface area contributed by atoms with Crippen molar-refractivity contribution in [3.8, 4) is 0 Å². The summed E-state index contributed by atoms with van der Waals surface area (Å²) in [5.74, 6) is 1.52. The molecule has 1 N–H and O–H groups in total. The van der Waals surface area contributed by atoms with E-state index in [0.29, 0.717) is 12.5 Å². The maximum Gasteiger partial charge on any atom is 0.136 e. The summed E-state index contributed by atoms with van der Waals surface area (Å²) in [5.41, 5.74) is 0. The zero-order valence-electron chi connectivity index (χ0n) is 10.7. The highest BCUT2D eigenvalue weighted by Gasteiger charge is 2.20. The molecule has 0 atom stereocenters. The number of hydrogen-bond donors (Lipinski definition) is 1. The molecule has 1 aromatic carbocycles. The van der Waals surface area contributed by atoms with Crippen molar-refractivity contribution in [1.29, 1.82) is 0 Å². The standard InChI is InChI=1S/C15H17BrN2O/c16-14-3-1-2-13-12(14)4-7-17-15(13)18-8-5-11(10-19)6-9-18/h1-4,7,11,19H,5-6,8-10H2. The number of fused-ring (bicyclic) bond motifs is 1. The summed E-state index contributed by atoms with van der Waals surface area (Å²) in [6.07, 6.45) is 3.96. The maximum atomic E-state index is 9.22. The van der Waals surface area contributed by atoms with Crippen molar-refractivity contribution < 1.29 is 5.11 Å². The second-order valence-electron chi connectivity index (χ2n) is 5.08. The van der Waals surface area contributed by atoms with Crippen LogP contribution in [0.4, 0.5) is 5.82 Å². The minimum atomic E-state index is 0.308. The van der Waals surface area contributed by atoms with E-state index >= 15 is 0 Å². The van der Waals surface area contributed by atoms with Crippen molar-refractivity contribution in [2.45, 2.75) is 12.8 Å². The molecule has 2 aromatic rings. The lowest BCUT2D eigenvalue weighted by Crippen LogP contribution is -2.35. The molecule has 2 heterocycles. The van der Waals surface area contributed by atoms with Crippen molar-refractivity contribution in [2.24, 2.45) is 5.92 Å². The monoisotopic (exact) mass is 320 g/mol. The Kier molecular flexibility index (Phi) is 3.71. The number of benzene rings is 1. The van der Waals surface area contributed by atoms with Crippen molar-refractivity contribution in [2.75, 3.05) is 24.6 Å². The first kappa shape index (κ1) is 12.9. The van der Waals surface area contributed by atoms with E-state index in [9.17, 15) is 5.11 Å². The molecule has 1 aromatic heterocycles. The number of pyridine rings is 1. The normalized spacial score (nSPS) is 17.1. The molecule has 0 spiro atoms. The zero-order valence-corrected chi connectivity index (χ0v) is 12.3. The molecule has 0 radical (unpaired) electrons. The van der Waals surface area contributed by atoms with Gasteiger partial charge in [-0.25, -0.2) is 4.98 Å². The number of aliphatic hydroxyl groups excluding tert-OH is 1. The first-order valence-corrected chi connectivity index (χ1v) is 7.48. The van der Waals surface area contributed by atoms with E-state index in [1.165, 1.54) is 10.8 Å². The largest absolute Gasteiger partial charge is 0.396 e. The Labute approximate surface area is 121 Å². The average molecular weight is 321 g/mol. The summed E-state index contributed by atoms with van der Waals surface area (Å²) in [4.78, 5) is 6.90. The second kappa shape index (κ2) is 5.47. The Hall–Kier alpha value is -1.13. The predicted octanol–water partition coefficient (Wildman–Crippen LogP) is 3.21. The van der Waals surface area contributed by atoms with Gasteiger partial charge in [0.25, 0.3) is 0 Å². The molecule has 19 heavy (non-hydrogen) atoms. The Morgan fingerprint density at radius 1 is 1.21 bits per heavy atom. The van der Waals surface area contributed by atoms with Gasteiger partial charge in [-0.1, -0.05) is 28.1 Å². The summed E-state index contributed by atoms with van der Waals surface area (Å²) >= 11 is 3.60. The minimum Gasteiger partial charge on any atom is -0.396 e. The Morgan fingerprint density at radius 3 is 2.74 bits per heavy atom. The third-order valence-electron chi connectivity index (χ3n) is 3.90. The van der Waals surface area contributed by atoms with Gasteiger partial charge in [-0.05, 0) is 30.9 Å². The molecule has 0 bridgehead atoms. The van der Waals surface area contributed by atoms with Crippen LogP contribution in [0.15, 0.2) is 34.9 Å². The first-order valence-electron chi connectivity index (χ1n) is 6.68. The number of rotatable bonds is 2. The van der Waals surface area contributed by atoms with Crippen LogP contribution in [0.2, 0.25) is 0 Å². The van der Waals surface area contributed by atoms with Crippen LogP contribution in [0.3, 0.4) is 0 Å². The molecule has 0 amide bonds. The summed E-state index contributed by atoms with van der Waals surface area (Å²) in [7, 11) is 0. The fourth-order valence-electron chi connectivity index (χ4n) is 2.73. The van der Waals surface area contributed by atoms with Gasteiger partial charge in [-0.15, -0.1) is 0 Å². The molecule has 4 heteroatoms. The van der Waals surface area contributed by atoms with Crippen molar-refractivity contribution >= 4 is 32.5 Å². The van der Waals surface area contributed by atoms with Gasteiger partial charge >= 0.3 is 0 Å². The van der Waals surface area contributed by atoms with Gasteiger partial charge in [0, 0.05) is 41.1 Å². The number of piperidine rings is 1. The third-order valence-corrected chi connectivity index (χ3v) is 4.60. The van der Waals surface area contributed by atoms with Crippen LogP contribution < -0.4 is 4.90 Å². The minimum absolute atomic E-state index is 0.308. The summed E-state index contributed by atoms with van der Waals surface area (Å²) in [6.45, 7) is 2.26. The molecule has 1 saturated heterocycles. The van der Waals surface area contributed by atoms with Gasteiger partial charge in [0.1, 0.15) is 5.82 Å². The molecule has 1 fully saturated rings. The molecule has 0 aliphatic carbocycles. The molecule has 1 aliphatic heterocycles. The summed E-state index contributed by atoms with van der Waals surface area (Å²) < 4.78 is 1.11. The molecule has 3 rings (SSSR count). The van der Waals surface area contributed by atoms with E-state index in [0.717, 1.165) is 36.2 Å². The van der Waals surface area contributed by atoms with Crippen LogP contribution in [0.25, 0.3) is 10.8 Å². The smallest absolute Gasteiger partial charge is 0.136 e. The molecule has 0 unspecified atom stereocenters. The van der Waals surface area contributed by atoms with Gasteiger partial charge < -0.3 is 10.0 Å². The lowest BCUT2D eigenvalue weighted by molar-refractivity contribution is 0.203. The number of halogens is 1. The van der Waals surface area contributed by atoms with Gasteiger partial charge in [0.2, 0.25) is 0 Å². The fourth-order valence-corrected chi connectivity index (χ4v) is 3.23. The second-order valence-corrected chi connectivity index (χ2v) is 5.94. The highest BCUT2D eigenvalue weighted by Crippen LogP contribution is 2.31. The SMILES string of the molecule is OCC1CCN(c2nccc3c(Br)cccc23)CC1. The van der Waals surface area contributed by atoms with Crippen LogP contribution in [0.5, 0.6) is 0 Å². The van der Waals surface area contributed by atoms with Crippen molar-refractivity contribution in [1.82, 2.24) is 4.98 Å². The number of aliphatic hydroxyl groups is 1. The van der Waals surface area contributed by atoms with E-state index in [2.05, 4.69) is 44.0 Å². The lowest BCUT2D eigenvalue weighted by Gasteiger charge is -2.32. The molecule has 3 nitrogen and oxygen atoms in total. The summed E-state index contributed by atoms with van der Waals surface area (Å²) in [6, 6.07) is 8.28. The van der Waals surface area contributed by atoms with Gasteiger partial charge in [0.15, 0.2) is 0 Å². The van der Waals surface area contributed by atoms with E-state index in [1.54, 1.807) is 0 Å². The summed E-state index contributed by atoms with van der Waals surface area (Å²) in [5, 5.41) is 11.6. The number of nitrogens with zero attached hydrogens (tertiary/aromatic N) is 2. The predicted molar refractivity (Wildman–Crippen MR) is 81.5 cm³/mol. The van der Waals surface area contributed by atoms with Crippen LogP contribution in [0.1, 0.15) is 12.8 Å². The van der Waals surface area contributed by atoms with Crippen LogP contribution in [-0.4, -0.2) is 29.8 Å². The van der Waals surface area contributed by atoms with Gasteiger partial charge in [-0.2, -0.15) is 0 Å². The van der Waals surface area contributed by atoms with Gasteiger partial charge in [0.05, 0.1) is 0 Å². The lowest BCUT2D eigenvalue weighted by atomic mass is 9.97. The highest BCUT2D eigenvalue weighted by atomic mass is 79.9.